The average molecular weight is 395 g/mol. The minimum absolute atomic E-state index is 0.160. The fourth-order valence-electron chi connectivity index (χ4n) is 2.92. The van der Waals surface area contributed by atoms with Crippen LogP contribution in [0.3, 0.4) is 0 Å². The first kappa shape index (κ1) is 20.4. The van der Waals surface area contributed by atoms with Crippen molar-refractivity contribution in [3.05, 3.63) is 88.2 Å². The highest BCUT2D eigenvalue weighted by Gasteiger charge is 2.23. The van der Waals surface area contributed by atoms with Gasteiger partial charge in [-0.05, 0) is 23.5 Å². The Hall–Kier alpha value is -3.35. The van der Waals surface area contributed by atoms with Crippen LogP contribution in [0.25, 0.3) is 0 Å². The molecule has 0 saturated heterocycles. The fraction of sp³-hybridized carbons (Fsp3) is 0.318. The molecule has 1 N–H and O–H groups in total. The molecule has 7 heteroatoms. The summed E-state index contributed by atoms with van der Waals surface area (Å²) in [4.78, 5) is 24.5. The van der Waals surface area contributed by atoms with E-state index in [1.165, 1.54) is 4.68 Å². The van der Waals surface area contributed by atoms with Gasteiger partial charge in [0, 0.05) is 0 Å². The maximum atomic E-state index is 12.3. The molecule has 1 amide bonds. The van der Waals surface area contributed by atoms with Gasteiger partial charge >= 0.3 is 11.8 Å². The molecule has 0 aliphatic carbocycles. The molecule has 1 atom stereocenters. The molecular formula is C22H25N3O4. The van der Waals surface area contributed by atoms with Crippen LogP contribution in [-0.4, -0.2) is 15.9 Å². The number of nitrogens with zero attached hydrogens (tertiary/aromatic N) is 2. The summed E-state index contributed by atoms with van der Waals surface area (Å²) in [5.41, 5.74) is 1.83. The Kier molecular flexibility index (Phi) is 6.84. The van der Waals surface area contributed by atoms with E-state index >= 15 is 0 Å². The van der Waals surface area contributed by atoms with E-state index in [1.54, 1.807) is 0 Å². The van der Waals surface area contributed by atoms with E-state index in [0.717, 1.165) is 11.1 Å². The Morgan fingerprint density at radius 3 is 2.31 bits per heavy atom. The zero-order valence-electron chi connectivity index (χ0n) is 16.6. The van der Waals surface area contributed by atoms with E-state index in [-0.39, 0.29) is 18.4 Å². The van der Waals surface area contributed by atoms with Crippen molar-refractivity contribution in [2.45, 2.75) is 39.5 Å². The van der Waals surface area contributed by atoms with Crippen molar-refractivity contribution in [2.24, 2.45) is 5.92 Å². The van der Waals surface area contributed by atoms with Crippen molar-refractivity contribution in [2.75, 3.05) is 0 Å². The molecule has 29 heavy (non-hydrogen) atoms. The monoisotopic (exact) mass is 395 g/mol. The third kappa shape index (κ3) is 6.07. The number of hydrogen-bond donors (Lipinski definition) is 1. The van der Waals surface area contributed by atoms with Crippen molar-refractivity contribution in [1.82, 2.24) is 15.1 Å². The summed E-state index contributed by atoms with van der Waals surface area (Å²) >= 11 is 0. The minimum Gasteiger partial charge on any atom is -0.445 e. The Balaban J connectivity index is 1.68. The highest BCUT2D eigenvalue weighted by Crippen LogP contribution is 2.19. The summed E-state index contributed by atoms with van der Waals surface area (Å²) in [6, 6.07) is 18.4. The van der Waals surface area contributed by atoms with Crippen molar-refractivity contribution in [3.8, 4) is 0 Å². The van der Waals surface area contributed by atoms with Crippen LogP contribution in [0, 0.1) is 5.92 Å². The second kappa shape index (κ2) is 9.73. The topological polar surface area (TPSA) is 86.4 Å². The van der Waals surface area contributed by atoms with Crippen LogP contribution < -0.4 is 11.1 Å². The number of amides is 1. The largest absolute Gasteiger partial charge is 0.445 e. The zero-order valence-corrected chi connectivity index (χ0v) is 16.6. The standard InChI is InChI=1S/C22H25N3O4/c1-16(2)13-19(23-21(26)28-15-18-11-7-4-8-12-18)20-24-25(22(27)29-20)14-17-9-5-3-6-10-17/h3-12,16,19H,13-15H2,1-2H3,(H,23,26). The molecule has 0 fully saturated rings. The van der Waals surface area contributed by atoms with Gasteiger partial charge in [0.1, 0.15) is 12.6 Å². The summed E-state index contributed by atoms with van der Waals surface area (Å²) in [6.07, 6.45) is -0.0223. The second-order valence-corrected chi connectivity index (χ2v) is 7.24. The number of benzene rings is 2. The van der Waals surface area contributed by atoms with E-state index in [2.05, 4.69) is 10.4 Å². The van der Waals surface area contributed by atoms with Crippen molar-refractivity contribution >= 4 is 6.09 Å². The van der Waals surface area contributed by atoms with E-state index in [4.69, 9.17) is 9.15 Å². The highest BCUT2D eigenvalue weighted by molar-refractivity contribution is 5.67. The van der Waals surface area contributed by atoms with Gasteiger partial charge in [-0.15, -0.1) is 5.10 Å². The lowest BCUT2D eigenvalue weighted by Crippen LogP contribution is -2.30. The van der Waals surface area contributed by atoms with Gasteiger partial charge in [0.15, 0.2) is 0 Å². The number of carbonyl (C=O) groups excluding carboxylic acids is 1. The number of ether oxygens (including phenoxy) is 1. The molecule has 0 bridgehead atoms. The normalized spacial score (nSPS) is 12.0. The maximum absolute atomic E-state index is 12.3. The molecule has 3 aromatic rings. The number of aromatic nitrogens is 2. The zero-order chi connectivity index (χ0) is 20.6. The lowest BCUT2D eigenvalue weighted by Gasteiger charge is -2.17. The van der Waals surface area contributed by atoms with Crippen LogP contribution in [0.1, 0.15) is 43.3 Å². The molecule has 0 saturated carbocycles. The van der Waals surface area contributed by atoms with Crippen LogP contribution in [0.2, 0.25) is 0 Å². The lowest BCUT2D eigenvalue weighted by atomic mass is 10.0. The third-order valence-electron chi connectivity index (χ3n) is 4.31. The second-order valence-electron chi connectivity index (χ2n) is 7.24. The Bertz CT molecular complexity index is 964. The maximum Gasteiger partial charge on any atom is 0.437 e. The third-order valence-corrected chi connectivity index (χ3v) is 4.31. The molecule has 0 aliphatic heterocycles. The highest BCUT2D eigenvalue weighted by atomic mass is 16.5. The molecule has 0 radical (unpaired) electrons. The quantitative estimate of drug-likeness (QED) is 0.625. The molecule has 1 aromatic heterocycles. The molecule has 1 heterocycles. The lowest BCUT2D eigenvalue weighted by molar-refractivity contribution is 0.132. The molecule has 0 spiro atoms. The van der Waals surface area contributed by atoms with Gasteiger partial charge in [0.05, 0.1) is 6.54 Å². The van der Waals surface area contributed by atoms with Crippen LogP contribution in [-0.2, 0) is 17.9 Å². The molecule has 0 aliphatic rings. The SMILES string of the molecule is CC(C)CC(NC(=O)OCc1ccccc1)c1nn(Cc2ccccc2)c(=O)o1. The molecule has 1 unspecified atom stereocenters. The van der Waals surface area contributed by atoms with Crippen molar-refractivity contribution in [3.63, 3.8) is 0 Å². The average Bonchev–Trinajstić information content (AvgIpc) is 3.07. The number of carbonyl (C=O) groups is 1. The molecule has 2 aromatic carbocycles. The first-order chi connectivity index (χ1) is 14.0. The van der Waals surface area contributed by atoms with Crippen LogP contribution in [0.15, 0.2) is 69.9 Å². The fourth-order valence-corrected chi connectivity index (χ4v) is 2.92. The van der Waals surface area contributed by atoms with Crippen LogP contribution >= 0.6 is 0 Å². The van der Waals surface area contributed by atoms with Crippen LogP contribution in [0.5, 0.6) is 0 Å². The summed E-state index contributed by atoms with van der Waals surface area (Å²) in [5.74, 6) is -0.132. The van der Waals surface area contributed by atoms with E-state index < -0.39 is 17.9 Å². The van der Waals surface area contributed by atoms with Gasteiger partial charge in [0.2, 0.25) is 5.89 Å². The van der Waals surface area contributed by atoms with Crippen LogP contribution in [0.4, 0.5) is 4.79 Å². The van der Waals surface area contributed by atoms with Gasteiger partial charge in [-0.25, -0.2) is 9.59 Å². The van der Waals surface area contributed by atoms with Gasteiger partial charge in [0.25, 0.3) is 0 Å². The van der Waals surface area contributed by atoms with Gasteiger partial charge in [-0.3, -0.25) is 0 Å². The number of nitrogens with one attached hydrogen (secondary N) is 1. The Morgan fingerprint density at radius 1 is 1.07 bits per heavy atom. The summed E-state index contributed by atoms with van der Waals surface area (Å²) in [5, 5.41) is 7.07. The Morgan fingerprint density at radius 2 is 1.69 bits per heavy atom. The first-order valence-electron chi connectivity index (χ1n) is 9.60. The number of rotatable bonds is 8. The van der Waals surface area contributed by atoms with Crippen molar-refractivity contribution < 1.29 is 13.9 Å². The smallest absolute Gasteiger partial charge is 0.437 e. The predicted octanol–water partition coefficient (Wildman–Crippen LogP) is 3.90. The first-order valence-corrected chi connectivity index (χ1v) is 9.60. The van der Waals surface area contributed by atoms with Gasteiger partial charge in [-0.2, -0.15) is 4.68 Å². The molecule has 7 nitrogen and oxygen atoms in total. The van der Waals surface area contributed by atoms with E-state index in [1.807, 2.05) is 74.5 Å². The minimum atomic E-state index is -0.584. The van der Waals surface area contributed by atoms with E-state index in [0.29, 0.717) is 13.0 Å². The van der Waals surface area contributed by atoms with Gasteiger partial charge in [-0.1, -0.05) is 74.5 Å². The number of hydrogen-bond acceptors (Lipinski definition) is 5. The predicted molar refractivity (Wildman–Crippen MR) is 108 cm³/mol. The molecule has 152 valence electrons. The summed E-state index contributed by atoms with van der Waals surface area (Å²) in [7, 11) is 0. The van der Waals surface area contributed by atoms with Gasteiger partial charge < -0.3 is 14.5 Å². The molecular weight excluding hydrogens is 370 g/mol. The number of alkyl carbamates (subject to hydrolysis) is 1. The van der Waals surface area contributed by atoms with E-state index in [9.17, 15) is 9.59 Å². The summed E-state index contributed by atoms with van der Waals surface area (Å²) < 4.78 is 11.9. The molecule has 3 rings (SSSR count). The Labute approximate surface area is 169 Å². The van der Waals surface area contributed by atoms with Crippen molar-refractivity contribution in [1.29, 1.82) is 0 Å². The summed E-state index contributed by atoms with van der Waals surface area (Å²) in [6.45, 7) is 4.50.